The van der Waals surface area contributed by atoms with Gasteiger partial charge in [0.2, 0.25) is 0 Å². The van der Waals surface area contributed by atoms with Crippen LogP contribution < -0.4 is 5.73 Å². The summed E-state index contributed by atoms with van der Waals surface area (Å²) in [6.45, 7) is 0. The summed E-state index contributed by atoms with van der Waals surface area (Å²) in [6, 6.07) is 1.88. The number of nitrogen functional groups attached to an aromatic ring is 1. The fourth-order valence-corrected chi connectivity index (χ4v) is 1.00. The van der Waals surface area contributed by atoms with E-state index in [9.17, 15) is 19.3 Å². The lowest BCUT2D eigenvalue weighted by molar-refractivity contribution is -0.384. The Kier molecular flexibility index (Phi) is 3.62. The van der Waals surface area contributed by atoms with Crippen molar-refractivity contribution in [3.8, 4) is 11.8 Å². The van der Waals surface area contributed by atoms with Crippen molar-refractivity contribution in [2.24, 2.45) is 0 Å². The van der Waals surface area contributed by atoms with Gasteiger partial charge in [-0.3, -0.25) is 10.1 Å². The molecular formula is C10H7FN2O4. The monoisotopic (exact) mass is 238 g/mol. The topological polar surface area (TPSA) is 95.5 Å². The van der Waals surface area contributed by atoms with Gasteiger partial charge in [-0.2, -0.15) is 0 Å². The highest BCUT2D eigenvalue weighted by Crippen LogP contribution is 2.25. The Hall–Kier alpha value is -2.62. The van der Waals surface area contributed by atoms with Crippen molar-refractivity contribution in [3.05, 3.63) is 33.6 Å². The van der Waals surface area contributed by atoms with Gasteiger partial charge in [-0.15, -0.1) is 0 Å². The van der Waals surface area contributed by atoms with Gasteiger partial charge < -0.3 is 10.5 Å². The van der Waals surface area contributed by atoms with Crippen molar-refractivity contribution >= 4 is 17.3 Å². The third-order valence-corrected chi connectivity index (χ3v) is 1.80. The summed E-state index contributed by atoms with van der Waals surface area (Å²) in [4.78, 5) is 20.4. The van der Waals surface area contributed by atoms with Crippen molar-refractivity contribution in [3.63, 3.8) is 0 Å². The molecule has 0 heterocycles. The standard InChI is InChI=1S/C10H7FN2O4/c1-17-9(14)3-2-6-4-7(11)10(12)8(5-6)13(15)16/h4-5H,12H2,1H3. The zero-order chi connectivity index (χ0) is 13.0. The summed E-state index contributed by atoms with van der Waals surface area (Å²) >= 11 is 0. The molecule has 0 radical (unpaired) electrons. The summed E-state index contributed by atoms with van der Waals surface area (Å²) in [5.41, 5.74) is 3.98. The molecule has 88 valence electrons. The molecule has 0 bridgehead atoms. The summed E-state index contributed by atoms with van der Waals surface area (Å²) in [7, 11) is 1.13. The molecule has 0 aromatic heterocycles. The van der Waals surface area contributed by atoms with Gasteiger partial charge in [0, 0.05) is 17.6 Å². The van der Waals surface area contributed by atoms with Crippen LogP contribution in [-0.4, -0.2) is 18.0 Å². The first-order chi connectivity index (χ1) is 7.95. The molecule has 0 spiro atoms. The van der Waals surface area contributed by atoms with Gasteiger partial charge in [0.1, 0.15) is 5.69 Å². The number of ether oxygens (including phenoxy) is 1. The highest BCUT2D eigenvalue weighted by atomic mass is 19.1. The highest BCUT2D eigenvalue weighted by molar-refractivity contribution is 5.89. The molecule has 0 amide bonds. The maximum absolute atomic E-state index is 13.2. The number of nitrogens with zero attached hydrogens (tertiary/aromatic N) is 1. The normalized spacial score (nSPS) is 9.06. The minimum absolute atomic E-state index is 0.0335. The second-order valence-corrected chi connectivity index (χ2v) is 2.89. The zero-order valence-corrected chi connectivity index (χ0v) is 8.69. The Labute approximate surface area is 95.3 Å². The molecule has 2 N–H and O–H groups in total. The van der Waals surface area contributed by atoms with Crippen LogP contribution in [0.2, 0.25) is 0 Å². The van der Waals surface area contributed by atoms with Crippen molar-refractivity contribution in [1.82, 2.24) is 0 Å². The number of hydrogen-bond donors (Lipinski definition) is 1. The van der Waals surface area contributed by atoms with E-state index in [0.29, 0.717) is 0 Å². The molecule has 0 saturated heterocycles. The van der Waals surface area contributed by atoms with Crippen LogP contribution in [0.4, 0.5) is 15.8 Å². The maximum atomic E-state index is 13.2. The van der Waals surface area contributed by atoms with Crippen molar-refractivity contribution in [1.29, 1.82) is 0 Å². The molecule has 6 nitrogen and oxygen atoms in total. The van der Waals surface area contributed by atoms with E-state index >= 15 is 0 Å². The average molecular weight is 238 g/mol. The van der Waals surface area contributed by atoms with Gasteiger partial charge in [0.25, 0.3) is 5.69 Å². The summed E-state index contributed by atoms with van der Waals surface area (Å²) < 4.78 is 17.4. The summed E-state index contributed by atoms with van der Waals surface area (Å²) in [6.07, 6.45) is 0. The molecule has 1 rings (SSSR count). The van der Waals surface area contributed by atoms with E-state index < -0.39 is 28.1 Å². The van der Waals surface area contributed by atoms with E-state index in [1.165, 1.54) is 0 Å². The number of carbonyl (C=O) groups excluding carboxylic acids is 1. The molecular weight excluding hydrogens is 231 g/mol. The van der Waals surface area contributed by atoms with E-state index in [1.807, 2.05) is 5.92 Å². The molecule has 1 aromatic rings. The first-order valence-electron chi connectivity index (χ1n) is 4.29. The molecule has 0 fully saturated rings. The Bertz CT molecular complexity index is 545. The minimum Gasteiger partial charge on any atom is -0.459 e. The largest absolute Gasteiger partial charge is 0.459 e. The first kappa shape index (κ1) is 12.4. The predicted octanol–water partition coefficient (Wildman–Crippen LogP) is 0.841. The van der Waals surface area contributed by atoms with Crippen LogP contribution in [0.3, 0.4) is 0 Å². The second kappa shape index (κ2) is 4.94. The van der Waals surface area contributed by atoms with Gasteiger partial charge in [-0.25, -0.2) is 9.18 Å². The number of methoxy groups -OCH3 is 1. The second-order valence-electron chi connectivity index (χ2n) is 2.89. The van der Waals surface area contributed by atoms with Crippen LogP contribution in [0.5, 0.6) is 0 Å². The van der Waals surface area contributed by atoms with Gasteiger partial charge in [-0.1, -0.05) is 5.92 Å². The number of esters is 1. The van der Waals surface area contributed by atoms with Crippen molar-refractivity contribution < 1.29 is 18.8 Å². The van der Waals surface area contributed by atoms with Crippen molar-refractivity contribution in [2.45, 2.75) is 0 Å². The average Bonchev–Trinajstić information content (AvgIpc) is 2.29. The lowest BCUT2D eigenvalue weighted by Gasteiger charge is -1.99. The van der Waals surface area contributed by atoms with E-state index in [-0.39, 0.29) is 5.56 Å². The number of anilines is 1. The Morgan fingerprint density at radius 2 is 2.24 bits per heavy atom. The highest BCUT2D eigenvalue weighted by Gasteiger charge is 2.16. The Morgan fingerprint density at radius 3 is 2.76 bits per heavy atom. The van der Waals surface area contributed by atoms with Gasteiger partial charge in [0.05, 0.1) is 12.0 Å². The minimum atomic E-state index is -0.964. The molecule has 0 unspecified atom stereocenters. The molecule has 7 heteroatoms. The van der Waals surface area contributed by atoms with Crippen LogP contribution in [0.25, 0.3) is 0 Å². The Morgan fingerprint density at radius 1 is 1.59 bits per heavy atom. The summed E-state index contributed by atoms with van der Waals surface area (Å²) in [5.74, 6) is 2.46. The maximum Gasteiger partial charge on any atom is 0.384 e. The van der Waals surface area contributed by atoms with Crippen LogP contribution >= 0.6 is 0 Å². The van der Waals surface area contributed by atoms with Crippen LogP contribution in [0, 0.1) is 27.8 Å². The fraction of sp³-hybridized carbons (Fsp3) is 0.100. The fourth-order valence-electron chi connectivity index (χ4n) is 1.00. The molecule has 0 atom stereocenters. The molecule has 0 aliphatic rings. The zero-order valence-electron chi connectivity index (χ0n) is 8.69. The first-order valence-corrected chi connectivity index (χ1v) is 4.29. The van der Waals surface area contributed by atoms with Gasteiger partial charge >= 0.3 is 5.97 Å². The molecule has 0 aliphatic carbocycles. The molecule has 0 saturated carbocycles. The van der Waals surface area contributed by atoms with Crippen LogP contribution in [-0.2, 0) is 9.53 Å². The third-order valence-electron chi connectivity index (χ3n) is 1.80. The number of rotatable bonds is 1. The van der Waals surface area contributed by atoms with Crippen molar-refractivity contribution in [2.75, 3.05) is 12.8 Å². The number of nitrogens with two attached hydrogens (primary N) is 1. The SMILES string of the molecule is COC(=O)C#Cc1cc(F)c(N)c([N+](=O)[O-])c1. The van der Waals surface area contributed by atoms with Crippen LogP contribution in [0.15, 0.2) is 12.1 Å². The van der Waals surface area contributed by atoms with Crippen LogP contribution in [0.1, 0.15) is 5.56 Å². The number of benzene rings is 1. The molecule has 17 heavy (non-hydrogen) atoms. The Balaban J connectivity index is 3.23. The number of nitro benzene ring substituents is 1. The number of carbonyl (C=O) groups is 1. The van der Waals surface area contributed by atoms with E-state index in [1.54, 1.807) is 0 Å². The number of halogens is 1. The van der Waals surface area contributed by atoms with Gasteiger partial charge in [0.15, 0.2) is 5.82 Å². The third kappa shape index (κ3) is 2.92. The predicted molar refractivity (Wildman–Crippen MR) is 56.4 cm³/mol. The molecule has 0 aliphatic heterocycles. The molecule has 1 aromatic carbocycles. The number of hydrogen-bond acceptors (Lipinski definition) is 5. The van der Waals surface area contributed by atoms with E-state index in [2.05, 4.69) is 10.7 Å². The lowest BCUT2D eigenvalue weighted by Crippen LogP contribution is -2.00. The lowest BCUT2D eigenvalue weighted by atomic mass is 10.1. The number of nitro groups is 1. The smallest absolute Gasteiger partial charge is 0.384 e. The quantitative estimate of drug-likeness (QED) is 0.257. The van der Waals surface area contributed by atoms with Gasteiger partial charge in [-0.05, 0) is 6.07 Å². The van der Waals surface area contributed by atoms with E-state index in [0.717, 1.165) is 19.2 Å². The van der Waals surface area contributed by atoms with E-state index in [4.69, 9.17) is 5.73 Å². The summed E-state index contributed by atoms with van der Waals surface area (Å²) in [5, 5.41) is 10.5.